The lowest BCUT2D eigenvalue weighted by molar-refractivity contribution is -0.384. The number of hydrazone groups is 1. The number of nitro groups is 1. The van der Waals surface area contributed by atoms with Gasteiger partial charge in [-0.25, -0.2) is 5.84 Å². The van der Waals surface area contributed by atoms with Crippen LogP contribution in [0.5, 0.6) is 0 Å². The molecule has 0 spiro atoms. The zero-order valence-corrected chi connectivity index (χ0v) is 10.4. The van der Waals surface area contributed by atoms with Crippen molar-refractivity contribution in [1.29, 1.82) is 0 Å². The van der Waals surface area contributed by atoms with E-state index in [9.17, 15) is 10.1 Å². The number of hydrogen-bond donors (Lipinski definition) is 1. The second-order valence-corrected chi connectivity index (χ2v) is 4.28. The first-order valence-corrected chi connectivity index (χ1v) is 5.60. The molecule has 7 nitrogen and oxygen atoms in total. The van der Waals surface area contributed by atoms with E-state index in [4.69, 9.17) is 5.84 Å². The maximum absolute atomic E-state index is 10.5. The number of hydrogen-bond acceptors (Lipinski definition) is 6. The van der Waals surface area contributed by atoms with Gasteiger partial charge in [0.15, 0.2) is 0 Å². The van der Waals surface area contributed by atoms with Crippen LogP contribution < -0.4 is 5.84 Å². The predicted molar refractivity (Wildman–Crippen MR) is 65.9 cm³/mol. The zero-order chi connectivity index (χ0) is 12.4. The van der Waals surface area contributed by atoms with Gasteiger partial charge in [0.05, 0.1) is 11.5 Å². The van der Waals surface area contributed by atoms with Crippen LogP contribution in [0, 0.1) is 10.1 Å². The number of rotatable bonds is 3. The smallest absolute Gasteiger partial charge is 0.269 e. The molecule has 2 rings (SSSR count). The molecular formula is C9H10BrN5O2. The Labute approximate surface area is 106 Å². The predicted octanol–water partition coefficient (Wildman–Crippen LogP) is 1.21. The maximum atomic E-state index is 10.5. The molecule has 0 unspecified atom stereocenters. The van der Waals surface area contributed by atoms with Crippen molar-refractivity contribution >= 4 is 26.4 Å². The van der Waals surface area contributed by atoms with Gasteiger partial charge in [0.25, 0.3) is 5.69 Å². The Balaban J connectivity index is 2.03. The lowest BCUT2D eigenvalue weighted by Gasteiger charge is -2.15. The van der Waals surface area contributed by atoms with Crippen LogP contribution in [0.2, 0.25) is 0 Å². The van der Waals surface area contributed by atoms with E-state index in [0.717, 1.165) is 5.56 Å². The fourth-order valence-corrected chi connectivity index (χ4v) is 1.80. The molecule has 8 heteroatoms. The zero-order valence-electron chi connectivity index (χ0n) is 8.78. The molecule has 90 valence electrons. The minimum atomic E-state index is -0.421. The first-order valence-electron chi connectivity index (χ1n) is 4.81. The highest BCUT2D eigenvalue weighted by Crippen LogP contribution is 2.16. The molecular weight excluding hydrogens is 290 g/mol. The molecule has 1 aliphatic rings. The number of nitrogens with zero attached hydrogens (tertiary/aromatic N) is 4. The van der Waals surface area contributed by atoms with Crippen molar-refractivity contribution in [3.05, 3.63) is 39.9 Å². The van der Waals surface area contributed by atoms with Crippen LogP contribution in [0.1, 0.15) is 5.56 Å². The van der Waals surface area contributed by atoms with E-state index in [1.165, 1.54) is 17.1 Å². The summed E-state index contributed by atoms with van der Waals surface area (Å²) in [6.07, 6.45) is 0. The number of nitrogens with two attached hydrogens (primary N) is 1. The summed E-state index contributed by atoms with van der Waals surface area (Å²) in [5.41, 5.74) is 1.02. The molecule has 0 saturated carbocycles. The summed E-state index contributed by atoms with van der Waals surface area (Å²) in [6, 6.07) is 6.37. The monoisotopic (exact) mass is 299 g/mol. The van der Waals surface area contributed by atoms with Crippen molar-refractivity contribution in [2.45, 2.75) is 6.54 Å². The van der Waals surface area contributed by atoms with Crippen LogP contribution in [0.3, 0.4) is 0 Å². The van der Waals surface area contributed by atoms with Gasteiger partial charge in [0.2, 0.25) is 4.74 Å². The third-order valence-electron chi connectivity index (χ3n) is 2.29. The van der Waals surface area contributed by atoms with E-state index >= 15 is 0 Å². The number of amidine groups is 1. The molecule has 17 heavy (non-hydrogen) atoms. The average Bonchev–Trinajstić information content (AvgIpc) is 2.58. The number of hydrazine groups is 1. The minimum Gasteiger partial charge on any atom is -0.269 e. The molecule has 0 aromatic heterocycles. The summed E-state index contributed by atoms with van der Waals surface area (Å²) in [6.45, 7) is 1.04. The fraction of sp³-hybridized carbons (Fsp3) is 0.222. The van der Waals surface area contributed by atoms with Gasteiger partial charge < -0.3 is 0 Å². The number of non-ortho nitro benzene ring substituents is 1. The molecule has 0 atom stereocenters. The lowest BCUT2D eigenvalue weighted by atomic mass is 10.2. The third-order valence-corrected chi connectivity index (χ3v) is 2.90. The van der Waals surface area contributed by atoms with E-state index in [2.05, 4.69) is 21.0 Å². The van der Waals surface area contributed by atoms with Crippen LogP contribution in [0.15, 0.2) is 29.4 Å². The third kappa shape index (κ3) is 2.71. The van der Waals surface area contributed by atoms with Crippen molar-refractivity contribution in [2.75, 3.05) is 6.67 Å². The molecule has 0 saturated heterocycles. The van der Waals surface area contributed by atoms with Crippen LogP contribution >= 0.6 is 15.9 Å². The molecule has 0 radical (unpaired) electrons. The highest BCUT2D eigenvalue weighted by atomic mass is 79.9. The SMILES string of the molecule is NN1CN(Cc2ccc([N+](=O)[O-])cc2)N=C1Br. The molecule has 2 N–H and O–H groups in total. The molecule has 1 heterocycles. The van der Waals surface area contributed by atoms with Crippen molar-refractivity contribution < 1.29 is 4.92 Å². The summed E-state index contributed by atoms with van der Waals surface area (Å²) in [7, 11) is 0. The Hall–Kier alpha value is -1.67. The van der Waals surface area contributed by atoms with Crippen LogP contribution in [0.4, 0.5) is 5.69 Å². The largest absolute Gasteiger partial charge is 0.269 e. The van der Waals surface area contributed by atoms with Crippen molar-refractivity contribution in [3.63, 3.8) is 0 Å². The van der Waals surface area contributed by atoms with Gasteiger partial charge in [-0.1, -0.05) is 12.1 Å². The van der Waals surface area contributed by atoms with Gasteiger partial charge in [-0.05, 0) is 21.5 Å². The quantitative estimate of drug-likeness (QED) is 0.392. The number of nitro benzene ring substituents is 1. The molecule has 1 aliphatic heterocycles. The Morgan fingerprint density at radius 1 is 1.47 bits per heavy atom. The normalized spacial score (nSPS) is 15.1. The van der Waals surface area contributed by atoms with Gasteiger partial charge in [-0.2, -0.15) is 0 Å². The Kier molecular flexibility index (Phi) is 3.25. The van der Waals surface area contributed by atoms with E-state index in [1.807, 2.05) is 0 Å². The van der Waals surface area contributed by atoms with E-state index < -0.39 is 4.92 Å². The van der Waals surface area contributed by atoms with Gasteiger partial charge in [0.1, 0.15) is 6.67 Å². The summed E-state index contributed by atoms with van der Waals surface area (Å²) in [4.78, 5) is 10.1. The Morgan fingerprint density at radius 3 is 2.59 bits per heavy atom. The second-order valence-electron chi connectivity index (χ2n) is 3.57. The van der Waals surface area contributed by atoms with Gasteiger partial charge in [-0.15, -0.1) is 5.10 Å². The summed E-state index contributed by atoms with van der Waals surface area (Å²) in [5.74, 6) is 5.61. The van der Waals surface area contributed by atoms with Gasteiger partial charge in [-0.3, -0.25) is 20.1 Å². The molecule has 1 aromatic rings. The highest BCUT2D eigenvalue weighted by Gasteiger charge is 2.18. The van der Waals surface area contributed by atoms with Crippen molar-refractivity contribution in [1.82, 2.24) is 10.0 Å². The first kappa shape index (κ1) is 11.8. The topological polar surface area (TPSA) is 88.0 Å². The summed E-state index contributed by atoms with van der Waals surface area (Å²) in [5, 5.41) is 17.9. The Bertz CT molecular complexity index is 461. The van der Waals surface area contributed by atoms with Crippen LogP contribution in [0.25, 0.3) is 0 Å². The molecule has 0 bridgehead atoms. The first-order chi connectivity index (χ1) is 8.06. The summed E-state index contributed by atoms with van der Waals surface area (Å²) >= 11 is 3.21. The molecule has 0 fully saturated rings. The maximum Gasteiger partial charge on any atom is 0.269 e. The lowest BCUT2D eigenvalue weighted by Crippen LogP contribution is -2.34. The average molecular weight is 300 g/mol. The standard InChI is InChI=1S/C9H10BrN5O2/c10-9-12-13(6-14(9)11)5-7-1-3-8(4-2-7)15(16)17/h1-4H,5-6,11H2. The fourth-order valence-electron chi connectivity index (χ4n) is 1.46. The van der Waals surface area contributed by atoms with Crippen LogP contribution in [-0.4, -0.2) is 26.4 Å². The van der Waals surface area contributed by atoms with E-state index in [0.29, 0.717) is 18.0 Å². The molecule has 0 aliphatic carbocycles. The molecule has 1 aromatic carbocycles. The minimum absolute atomic E-state index is 0.0836. The molecule has 0 amide bonds. The number of benzene rings is 1. The van der Waals surface area contributed by atoms with Crippen molar-refractivity contribution in [3.8, 4) is 0 Å². The highest BCUT2D eigenvalue weighted by molar-refractivity contribution is 9.18. The second kappa shape index (κ2) is 4.68. The summed E-state index contributed by atoms with van der Waals surface area (Å²) < 4.78 is 0.569. The number of halogens is 1. The van der Waals surface area contributed by atoms with E-state index in [-0.39, 0.29) is 5.69 Å². The van der Waals surface area contributed by atoms with E-state index in [1.54, 1.807) is 17.1 Å². The van der Waals surface area contributed by atoms with Crippen molar-refractivity contribution in [2.24, 2.45) is 10.9 Å². The Morgan fingerprint density at radius 2 is 2.12 bits per heavy atom. The van der Waals surface area contributed by atoms with Gasteiger partial charge >= 0.3 is 0 Å². The van der Waals surface area contributed by atoms with Crippen LogP contribution in [-0.2, 0) is 6.54 Å². The van der Waals surface area contributed by atoms with Gasteiger partial charge in [0, 0.05) is 12.1 Å².